The van der Waals surface area contributed by atoms with Crippen molar-refractivity contribution in [2.45, 2.75) is 46.0 Å². The van der Waals surface area contributed by atoms with Crippen molar-refractivity contribution in [1.29, 1.82) is 0 Å². The lowest BCUT2D eigenvalue weighted by molar-refractivity contribution is -0.140. The van der Waals surface area contributed by atoms with Crippen LogP contribution >= 0.6 is 11.3 Å². The van der Waals surface area contributed by atoms with Gasteiger partial charge in [0.15, 0.2) is 5.69 Å². The molecule has 0 fully saturated rings. The zero-order valence-electron chi connectivity index (χ0n) is 12.6. The van der Waals surface area contributed by atoms with Gasteiger partial charge in [-0.1, -0.05) is 20.8 Å². The van der Waals surface area contributed by atoms with Crippen LogP contribution in [-0.2, 0) is 12.7 Å². The fourth-order valence-corrected chi connectivity index (χ4v) is 2.56. The Hall–Kier alpha value is -1.35. The number of aliphatic hydroxyl groups excluding tert-OH is 1. The number of urea groups is 1. The number of carbonyl (C=O) groups excluding carboxylic acids is 1. The monoisotopic (exact) mass is 339 g/mol. The number of carbonyl (C=O) groups is 1. The Morgan fingerprint density at radius 2 is 2.05 bits per heavy atom. The van der Waals surface area contributed by atoms with Gasteiger partial charge in [-0.3, -0.25) is 0 Å². The lowest BCUT2D eigenvalue weighted by Gasteiger charge is -2.25. The summed E-state index contributed by atoms with van der Waals surface area (Å²) in [4.78, 5) is 15.1. The first-order valence-corrected chi connectivity index (χ1v) is 7.56. The molecule has 22 heavy (non-hydrogen) atoms. The minimum atomic E-state index is -4.48. The van der Waals surface area contributed by atoms with Crippen LogP contribution in [-0.4, -0.2) is 28.8 Å². The summed E-state index contributed by atoms with van der Waals surface area (Å²) in [5, 5.41) is 15.3. The maximum absolute atomic E-state index is 12.4. The first-order valence-electron chi connectivity index (χ1n) is 6.68. The standard InChI is InChI=1S/C13H20F3N3O2S/c1-12(2,3)4-8(6-20)18-11(21)17-5-10-19-9(7-22-10)13(14,15)16/h7-8,20H,4-6H2,1-3H3,(H2,17,18,21). The molecule has 126 valence electrons. The van der Waals surface area contributed by atoms with Gasteiger partial charge in [0.1, 0.15) is 5.01 Å². The molecule has 1 unspecified atom stereocenters. The van der Waals surface area contributed by atoms with Crippen molar-refractivity contribution in [3.8, 4) is 0 Å². The van der Waals surface area contributed by atoms with Crippen molar-refractivity contribution in [3.63, 3.8) is 0 Å². The maximum atomic E-state index is 12.4. The number of nitrogens with one attached hydrogen (secondary N) is 2. The van der Waals surface area contributed by atoms with Crippen molar-refractivity contribution in [3.05, 3.63) is 16.1 Å². The molecule has 2 amide bonds. The molecule has 1 heterocycles. The van der Waals surface area contributed by atoms with E-state index >= 15 is 0 Å². The second kappa shape index (κ2) is 7.28. The number of halogens is 3. The Morgan fingerprint density at radius 1 is 1.41 bits per heavy atom. The SMILES string of the molecule is CC(C)(C)CC(CO)NC(=O)NCc1nc(C(F)(F)F)cs1. The van der Waals surface area contributed by atoms with Crippen LogP contribution in [0.25, 0.3) is 0 Å². The van der Waals surface area contributed by atoms with E-state index in [2.05, 4.69) is 15.6 Å². The number of alkyl halides is 3. The highest BCUT2D eigenvalue weighted by Gasteiger charge is 2.33. The van der Waals surface area contributed by atoms with Gasteiger partial charge in [0.2, 0.25) is 0 Å². The molecule has 5 nitrogen and oxygen atoms in total. The fourth-order valence-electron chi connectivity index (χ4n) is 1.82. The van der Waals surface area contributed by atoms with Gasteiger partial charge in [0, 0.05) is 5.38 Å². The number of aromatic nitrogens is 1. The van der Waals surface area contributed by atoms with Gasteiger partial charge in [-0.2, -0.15) is 13.2 Å². The van der Waals surface area contributed by atoms with E-state index in [1.165, 1.54) is 0 Å². The Balaban J connectivity index is 2.47. The highest BCUT2D eigenvalue weighted by molar-refractivity contribution is 7.09. The summed E-state index contributed by atoms with van der Waals surface area (Å²) >= 11 is 0.830. The Morgan fingerprint density at radius 3 is 2.50 bits per heavy atom. The van der Waals surface area contributed by atoms with Crippen LogP contribution in [0.4, 0.5) is 18.0 Å². The number of hydrogen-bond donors (Lipinski definition) is 3. The van der Waals surface area contributed by atoms with Crippen molar-refractivity contribution in [2.24, 2.45) is 5.41 Å². The van der Waals surface area contributed by atoms with Gasteiger partial charge >= 0.3 is 12.2 Å². The van der Waals surface area contributed by atoms with E-state index in [0.717, 1.165) is 16.7 Å². The number of thiazole rings is 1. The van der Waals surface area contributed by atoms with E-state index in [9.17, 15) is 23.1 Å². The van der Waals surface area contributed by atoms with Crippen molar-refractivity contribution >= 4 is 17.4 Å². The molecule has 1 rings (SSSR count). The van der Waals surface area contributed by atoms with E-state index < -0.39 is 23.9 Å². The molecule has 0 bridgehead atoms. The summed E-state index contributed by atoms with van der Waals surface area (Å²) in [5.74, 6) is 0. The molecule has 0 saturated heterocycles. The van der Waals surface area contributed by atoms with Gasteiger partial charge in [-0.05, 0) is 11.8 Å². The summed E-state index contributed by atoms with van der Waals surface area (Å²) in [7, 11) is 0. The average Bonchev–Trinajstić information content (AvgIpc) is 2.82. The highest BCUT2D eigenvalue weighted by Crippen LogP contribution is 2.29. The van der Waals surface area contributed by atoms with E-state index in [0.29, 0.717) is 6.42 Å². The largest absolute Gasteiger partial charge is 0.434 e. The van der Waals surface area contributed by atoms with Crippen LogP contribution < -0.4 is 10.6 Å². The lowest BCUT2D eigenvalue weighted by Crippen LogP contribution is -2.45. The minimum Gasteiger partial charge on any atom is -0.394 e. The van der Waals surface area contributed by atoms with Crippen LogP contribution in [0.5, 0.6) is 0 Å². The zero-order chi connectivity index (χ0) is 17.0. The van der Waals surface area contributed by atoms with Gasteiger partial charge in [0.05, 0.1) is 19.2 Å². The van der Waals surface area contributed by atoms with E-state index in [4.69, 9.17) is 0 Å². The minimum absolute atomic E-state index is 0.0718. The molecule has 0 aliphatic carbocycles. The van der Waals surface area contributed by atoms with Crippen molar-refractivity contribution in [1.82, 2.24) is 15.6 Å². The zero-order valence-corrected chi connectivity index (χ0v) is 13.4. The van der Waals surface area contributed by atoms with Crippen LogP contribution in [0.3, 0.4) is 0 Å². The molecule has 1 aromatic heterocycles. The quantitative estimate of drug-likeness (QED) is 0.772. The molecular weight excluding hydrogens is 319 g/mol. The predicted molar refractivity (Wildman–Crippen MR) is 77.4 cm³/mol. The van der Waals surface area contributed by atoms with E-state index in [1.807, 2.05) is 20.8 Å². The normalized spacial score (nSPS) is 13.8. The second-order valence-electron chi connectivity index (χ2n) is 6.10. The Labute approximate surface area is 130 Å². The van der Waals surface area contributed by atoms with Crippen LogP contribution in [0.2, 0.25) is 0 Å². The summed E-state index contributed by atoms with van der Waals surface area (Å²) in [6.07, 6.45) is -3.90. The van der Waals surface area contributed by atoms with Crippen molar-refractivity contribution < 1.29 is 23.1 Å². The summed E-state index contributed by atoms with van der Waals surface area (Å²) in [6, 6.07) is -0.964. The second-order valence-corrected chi connectivity index (χ2v) is 7.04. The third-order valence-electron chi connectivity index (χ3n) is 2.66. The Kier molecular flexibility index (Phi) is 6.18. The van der Waals surface area contributed by atoms with Crippen LogP contribution in [0, 0.1) is 5.41 Å². The molecule has 0 radical (unpaired) electrons. The van der Waals surface area contributed by atoms with Crippen LogP contribution in [0.15, 0.2) is 5.38 Å². The molecule has 0 aliphatic rings. The molecule has 1 atom stereocenters. The summed E-state index contributed by atoms with van der Waals surface area (Å²) in [6.45, 7) is 5.62. The summed E-state index contributed by atoms with van der Waals surface area (Å²) < 4.78 is 37.2. The molecule has 3 N–H and O–H groups in total. The molecule has 0 aromatic carbocycles. The Bertz CT molecular complexity index is 497. The molecule has 0 saturated carbocycles. The highest BCUT2D eigenvalue weighted by atomic mass is 32.1. The smallest absolute Gasteiger partial charge is 0.394 e. The molecule has 9 heteroatoms. The van der Waals surface area contributed by atoms with Gasteiger partial charge in [0.25, 0.3) is 0 Å². The third kappa shape index (κ3) is 6.61. The number of aliphatic hydroxyl groups is 1. The third-order valence-corrected chi connectivity index (χ3v) is 3.51. The van der Waals surface area contributed by atoms with Gasteiger partial charge < -0.3 is 15.7 Å². The van der Waals surface area contributed by atoms with Gasteiger partial charge in [-0.25, -0.2) is 9.78 Å². The lowest BCUT2D eigenvalue weighted by atomic mass is 9.88. The average molecular weight is 339 g/mol. The van der Waals surface area contributed by atoms with Crippen molar-refractivity contribution in [2.75, 3.05) is 6.61 Å². The summed E-state index contributed by atoms with van der Waals surface area (Å²) in [5.41, 5.74) is -1.03. The number of rotatable bonds is 5. The van der Waals surface area contributed by atoms with E-state index in [1.54, 1.807) is 0 Å². The first kappa shape index (κ1) is 18.7. The molecule has 0 spiro atoms. The number of amides is 2. The number of nitrogens with zero attached hydrogens (tertiary/aromatic N) is 1. The predicted octanol–water partition coefficient (Wildman–Crippen LogP) is 2.76. The van der Waals surface area contributed by atoms with Gasteiger partial charge in [-0.15, -0.1) is 11.3 Å². The fraction of sp³-hybridized carbons (Fsp3) is 0.692. The molecular formula is C13H20F3N3O2S. The number of hydrogen-bond acceptors (Lipinski definition) is 4. The maximum Gasteiger partial charge on any atom is 0.434 e. The topological polar surface area (TPSA) is 74.2 Å². The van der Waals surface area contributed by atoms with E-state index in [-0.39, 0.29) is 23.6 Å². The molecule has 0 aliphatic heterocycles. The molecule has 1 aromatic rings. The first-order chi connectivity index (χ1) is 10.0. The van der Waals surface area contributed by atoms with Crippen LogP contribution in [0.1, 0.15) is 37.9 Å².